The van der Waals surface area contributed by atoms with Gasteiger partial charge in [-0.3, -0.25) is 9.59 Å². The number of aryl methyl sites for hydroxylation is 1. The molecule has 0 radical (unpaired) electrons. The third-order valence-corrected chi connectivity index (χ3v) is 7.46. The Morgan fingerprint density at radius 2 is 1.82 bits per heavy atom. The molecule has 0 saturated carbocycles. The summed E-state index contributed by atoms with van der Waals surface area (Å²) in [5.41, 5.74) is 4.00. The summed E-state index contributed by atoms with van der Waals surface area (Å²) in [5.74, 6) is -0.352. The minimum atomic E-state index is -0.414. The van der Waals surface area contributed by atoms with Crippen LogP contribution < -0.4 is 5.32 Å². The number of carbonyl (C=O) groups is 2. The second-order valence-corrected chi connectivity index (χ2v) is 10.1. The van der Waals surface area contributed by atoms with Crippen molar-refractivity contribution in [1.29, 1.82) is 0 Å². The Balaban J connectivity index is 1.46. The monoisotopic (exact) mass is 490 g/mol. The third kappa shape index (κ3) is 5.29. The number of benzene rings is 2. The van der Waals surface area contributed by atoms with Gasteiger partial charge < -0.3 is 10.2 Å². The maximum atomic E-state index is 13.1. The molecule has 8 heteroatoms. The number of aromatic nitrogens is 2. The molecule has 1 atom stereocenters. The summed E-state index contributed by atoms with van der Waals surface area (Å²) in [6.07, 6.45) is 2.36. The van der Waals surface area contributed by atoms with E-state index in [2.05, 4.69) is 32.8 Å². The number of likely N-dealkylation sites (N-methyl/N-ethyl adjacent to an activating group) is 1. The molecule has 2 aromatic carbocycles. The Labute approximate surface area is 207 Å². The zero-order valence-corrected chi connectivity index (χ0v) is 21.0. The number of nitrogens with one attached hydrogen (secondary N) is 1. The van der Waals surface area contributed by atoms with E-state index in [1.165, 1.54) is 23.0 Å². The maximum absolute atomic E-state index is 13.1. The van der Waals surface area contributed by atoms with Gasteiger partial charge in [0.25, 0.3) is 0 Å². The number of carbonyl (C=O) groups excluding carboxylic acids is 2. The van der Waals surface area contributed by atoms with Gasteiger partial charge in [0, 0.05) is 23.7 Å². The standard InChI is InChI=1S/C26H26N4O2S2/c1-4-18-10-8-9-13-21(18)29-22(31)14-30(3)26(32)17(2)34-25-23-20(19-11-6-5-7-12-19)15-33-24(23)27-16-28-25/h5-13,15-17H,4,14H2,1-3H3,(H,29,31)/t17-/m1/s1. The molecule has 0 saturated heterocycles. The molecule has 0 unspecified atom stereocenters. The number of para-hydroxylation sites is 1. The van der Waals surface area contributed by atoms with Crippen LogP contribution in [0, 0.1) is 0 Å². The number of amides is 2. The van der Waals surface area contributed by atoms with Crippen molar-refractivity contribution in [2.24, 2.45) is 0 Å². The largest absolute Gasteiger partial charge is 0.335 e. The molecule has 0 aliphatic carbocycles. The Bertz CT molecular complexity index is 1310. The van der Waals surface area contributed by atoms with Gasteiger partial charge in [-0.25, -0.2) is 9.97 Å². The summed E-state index contributed by atoms with van der Waals surface area (Å²) < 4.78 is 0. The molecule has 0 spiro atoms. The summed E-state index contributed by atoms with van der Waals surface area (Å²) in [7, 11) is 1.65. The second kappa shape index (κ2) is 10.8. The smallest absolute Gasteiger partial charge is 0.243 e. The number of anilines is 1. The van der Waals surface area contributed by atoms with E-state index in [4.69, 9.17) is 0 Å². The van der Waals surface area contributed by atoms with Crippen LogP contribution in [0.15, 0.2) is 71.3 Å². The molecule has 0 aliphatic rings. The summed E-state index contributed by atoms with van der Waals surface area (Å²) in [5, 5.41) is 6.31. The summed E-state index contributed by atoms with van der Waals surface area (Å²) >= 11 is 2.96. The quantitative estimate of drug-likeness (QED) is 0.261. The van der Waals surface area contributed by atoms with E-state index < -0.39 is 5.25 Å². The Morgan fingerprint density at radius 1 is 1.09 bits per heavy atom. The molecule has 2 amide bonds. The van der Waals surface area contributed by atoms with Gasteiger partial charge in [-0.15, -0.1) is 11.3 Å². The SMILES string of the molecule is CCc1ccccc1NC(=O)CN(C)C(=O)[C@@H](C)Sc1ncnc2scc(-c3ccccc3)c12. The van der Waals surface area contributed by atoms with Crippen molar-refractivity contribution < 1.29 is 9.59 Å². The molecule has 34 heavy (non-hydrogen) atoms. The maximum Gasteiger partial charge on any atom is 0.243 e. The molecule has 0 fully saturated rings. The van der Waals surface area contributed by atoms with E-state index in [9.17, 15) is 9.59 Å². The van der Waals surface area contributed by atoms with Gasteiger partial charge in [0.2, 0.25) is 11.8 Å². The minimum absolute atomic E-state index is 0.0192. The van der Waals surface area contributed by atoms with Crippen LogP contribution in [-0.4, -0.2) is 45.5 Å². The van der Waals surface area contributed by atoms with Crippen molar-refractivity contribution in [2.75, 3.05) is 18.9 Å². The van der Waals surface area contributed by atoms with Crippen LogP contribution in [-0.2, 0) is 16.0 Å². The zero-order chi connectivity index (χ0) is 24.1. The summed E-state index contributed by atoms with van der Waals surface area (Å²) in [4.78, 5) is 36.9. The molecule has 0 aliphatic heterocycles. The van der Waals surface area contributed by atoms with Crippen molar-refractivity contribution in [3.05, 3.63) is 71.9 Å². The van der Waals surface area contributed by atoms with Crippen LogP contribution in [0.5, 0.6) is 0 Å². The lowest BCUT2D eigenvalue weighted by Gasteiger charge is -2.21. The number of hydrogen-bond donors (Lipinski definition) is 1. The first-order valence-electron chi connectivity index (χ1n) is 11.0. The van der Waals surface area contributed by atoms with Crippen molar-refractivity contribution in [2.45, 2.75) is 30.5 Å². The Hall–Kier alpha value is -3.23. The van der Waals surface area contributed by atoms with E-state index in [1.807, 2.05) is 56.3 Å². The molecule has 0 bridgehead atoms. The van der Waals surface area contributed by atoms with Crippen LogP contribution in [0.4, 0.5) is 5.69 Å². The highest BCUT2D eigenvalue weighted by molar-refractivity contribution is 8.00. The number of thioether (sulfide) groups is 1. The summed E-state index contributed by atoms with van der Waals surface area (Å²) in [6.45, 7) is 3.87. The number of hydrogen-bond acceptors (Lipinski definition) is 6. The van der Waals surface area contributed by atoms with Crippen LogP contribution in [0.2, 0.25) is 0 Å². The molecule has 2 heterocycles. The lowest BCUT2D eigenvalue weighted by molar-refractivity contribution is -0.132. The fourth-order valence-electron chi connectivity index (χ4n) is 3.73. The van der Waals surface area contributed by atoms with Crippen molar-refractivity contribution in [1.82, 2.24) is 14.9 Å². The highest BCUT2D eigenvalue weighted by Gasteiger charge is 2.23. The highest BCUT2D eigenvalue weighted by Crippen LogP contribution is 2.39. The molecule has 2 aromatic heterocycles. The molecule has 174 valence electrons. The van der Waals surface area contributed by atoms with Gasteiger partial charge in [0.15, 0.2) is 0 Å². The van der Waals surface area contributed by atoms with Crippen LogP contribution in [0.1, 0.15) is 19.4 Å². The minimum Gasteiger partial charge on any atom is -0.335 e. The normalized spacial score (nSPS) is 11.9. The van der Waals surface area contributed by atoms with Crippen molar-refractivity contribution in [3.8, 4) is 11.1 Å². The average Bonchev–Trinajstić information content (AvgIpc) is 3.29. The molecule has 4 rings (SSSR count). The topological polar surface area (TPSA) is 75.2 Å². The molecular formula is C26H26N4O2S2. The van der Waals surface area contributed by atoms with E-state index in [0.717, 1.165) is 44.0 Å². The summed E-state index contributed by atoms with van der Waals surface area (Å²) in [6, 6.07) is 17.8. The Morgan fingerprint density at radius 3 is 2.59 bits per heavy atom. The van der Waals surface area contributed by atoms with Gasteiger partial charge in [-0.1, -0.05) is 67.2 Å². The average molecular weight is 491 g/mol. The lowest BCUT2D eigenvalue weighted by Crippen LogP contribution is -2.39. The van der Waals surface area contributed by atoms with Gasteiger partial charge >= 0.3 is 0 Å². The predicted octanol–water partition coefficient (Wildman–Crippen LogP) is 5.50. The fraction of sp³-hybridized carbons (Fsp3) is 0.231. The van der Waals surface area contributed by atoms with Crippen LogP contribution >= 0.6 is 23.1 Å². The first-order chi connectivity index (χ1) is 16.5. The molecule has 4 aromatic rings. The number of nitrogens with zero attached hydrogens (tertiary/aromatic N) is 3. The second-order valence-electron chi connectivity index (χ2n) is 7.89. The van der Waals surface area contributed by atoms with Gasteiger partial charge in [0.1, 0.15) is 16.2 Å². The van der Waals surface area contributed by atoms with Crippen molar-refractivity contribution in [3.63, 3.8) is 0 Å². The van der Waals surface area contributed by atoms with Gasteiger partial charge in [-0.2, -0.15) is 0 Å². The number of thiophene rings is 1. The highest BCUT2D eigenvalue weighted by atomic mass is 32.2. The van der Waals surface area contributed by atoms with Gasteiger partial charge in [-0.05, 0) is 30.5 Å². The molecule has 6 nitrogen and oxygen atoms in total. The van der Waals surface area contributed by atoms with E-state index in [0.29, 0.717) is 0 Å². The lowest BCUT2D eigenvalue weighted by atomic mass is 10.1. The number of fused-ring (bicyclic) bond motifs is 1. The van der Waals surface area contributed by atoms with Crippen LogP contribution in [0.25, 0.3) is 21.3 Å². The predicted molar refractivity (Wildman–Crippen MR) is 140 cm³/mol. The fourth-order valence-corrected chi connectivity index (χ4v) is 5.76. The van der Waals surface area contributed by atoms with Gasteiger partial charge in [0.05, 0.1) is 17.2 Å². The Kier molecular flexibility index (Phi) is 7.59. The first-order valence-corrected chi connectivity index (χ1v) is 12.8. The first kappa shape index (κ1) is 23.9. The molecular weight excluding hydrogens is 464 g/mol. The van der Waals surface area contributed by atoms with E-state index in [1.54, 1.807) is 18.4 Å². The van der Waals surface area contributed by atoms with E-state index >= 15 is 0 Å². The molecule has 1 N–H and O–H groups in total. The van der Waals surface area contributed by atoms with E-state index in [-0.39, 0.29) is 18.4 Å². The third-order valence-electron chi connectivity index (χ3n) is 5.49. The zero-order valence-electron chi connectivity index (χ0n) is 19.3. The number of rotatable bonds is 8. The van der Waals surface area contributed by atoms with Crippen molar-refractivity contribution >= 4 is 50.8 Å². The van der Waals surface area contributed by atoms with Crippen LogP contribution in [0.3, 0.4) is 0 Å².